The van der Waals surface area contributed by atoms with Crippen molar-refractivity contribution in [1.29, 1.82) is 0 Å². The maximum Gasteiger partial charge on any atom is 0.416 e. The minimum atomic E-state index is -4.41. The molecule has 1 aliphatic heterocycles. The van der Waals surface area contributed by atoms with Crippen molar-refractivity contribution in [3.05, 3.63) is 29.3 Å². The van der Waals surface area contributed by atoms with Crippen LogP contribution in [-0.2, 0) is 15.8 Å². The molecule has 0 spiro atoms. The summed E-state index contributed by atoms with van der Waals surface area (Å²) >= 11 is 0. The molecule has 1 atom stereocenters. The molecule has 21 heavy (non-hydrogen) atoms. The minimum absolute atomic E-state index is 0.0352. The third-order valence-electron chi connectivity index (χ3n) is 3.35. The highest BCUT2D eigenvalue weighted by atomic mass is 19.4. The van der Waals surface area contributed by atoms with Crippen molar-refractivity contribution >= 4 is 17.5 Å². The van der Waals surface area contributed by atoms with Gasteiger partial charge in [-0.05, 0) is 43.5 Å². The Morgan fingerprint density at radius 1 is 1.38 bits per heavy atom. The van der Waals surface area contributed by atoms with E-state index in [-0.39, 0.29) is 17.2 Å². The zero-order chi connectivity index (χ0) is 15.6. The highest BCUT2D eigenvalue weighted by Crippen LogP contribution is 2.32. The highest BCUT2D eigenvalue weighted by Gasteiger charge is 2.32. The number of hydrogen-bond donors (Lipinski definition) is 2. The Hall–Kier alpha value is -2.05. The van der Waals surface area contributed by atoms with Gasteiger partial charge in [0.2, 0.25) is 11.8 Å². The standard InChI is InChI=1S/C14H15F3N2O2/c1-8-7-9(5-6-10(8)14(15,16)17)18-13(21)11-3-2-4-12(20)19-11/h5-7,11H,2-4H2,1H3,(H,18,21)(H,19,20)/t11-/m1/s1. The van der Waals surface area contributed by atoms with Gasteiger partial charge in [-0.3, -0.25) is 9.59 Å². The summed E-state index contributed by atoms with van der Waals surface area (Å²) in [6.45, 7) is 1.33. The fourth-order valence-corrected chi connectivity index (χ4v) is 2.29. The van der Waals surface area contributed by atoms with Crippen LogP contribution in [0.25, 0.3) is 0 Å². The van der Waals surface area contributed by atoms with E-state index in [2.05, 4.69) is 10.6 Å². The number of carbonyl (C=O) groups excluding carboxylic acids is 2. The maximum absolute atomic E-state index is 12.6. The lowest BCUT2D eigenvalue weighted by molar-refractivity contribution is -0.138. The number of rotatable bonds is 2. The van der Waals surface area contributed by atoms with Crippen molar-refractivity contribution in [1.82, 2.24) is 5.32 Å². The molecule has 1 aromatic carbocycles. The number of piperidine rings is 1. The van der Waals surface area contributed by atoms with Crippen LogP contribution in [0.4, 0.5) is 18.9 Å². The molecule has 2 rings (SSSR count). The Bertz CT molecular complexity index is 570. The number of benzene rings is 1. The molecule has 0 unspecified atom stereocenters. The number of nitrogens with one attached hydrogen (secondary N) is 2. The third-order valence-corrected chi connectivity index (χ3v) is 3.35. The van der Waals surface area contributed by atoms with Crippen molar-refractivity contribution < 1.29 is 22.8 Å². The fourth-order valence-electron chi connectivity index (χ4n) is 2.29. The number of halogens is 3. The van der Waals surface area contributed by atoms with Gasteiger partial charge in [-0.25, -0.2) is 0 Å². The molecule has 1 fully saturated rings. The van der Waals surface area contributed by atoms with Gasteiger partial charge in [-0.2, -0.15) is 13.2 Å². The fraction of sp³-hybridized carbons (Fsp3) is 0.429. The lowest BCUT2D eigenvalue weighted by atomic mass is 10.0. The molecule has 0 aliphatic carbocycles. The van der Waals surface area contributed by atoms with Gasteiger partial charge >= 0.3 is 6.18 Å². The van der Waals surface area contributed by atoms with E-state index in [9.17, 15) is 22.8 Å². The van der Waals surface area contributed by atoms with Gasteiger partial charge in [0.15, 0.2) is 0 Å². The monoisotopic (exact) mass is 300 g/mol. The van der Waals surface area contributed by atoms with Crippen LogP contribution in [0.3, 0.4) is 0 Å². The van der Waals surface area contributed by atoms with Gasteiger partial charge < -0.3 is 10.6 Å². The smallest absolute Gasteiger partial charge is 0.344 e. The summed E-state index contributed by atoms with van der Waals surface area (Å²) in [5.41, 5.74) is -0.412. The lowest BCUT2D eigenvalue weighted by Crippen LogP contribution is -2.46. The van der Waals surface area contributed by atoms with Crippen molar-refractivity contribution in [2.45, 2.75) is 38.4 Å². The second-order valence-corrected chi connectivity index (χ2v) is 5.03. The van der Waals surface area contributed by atoms with Crippen molar-refractivity contribution in [2.24, 2.45) is 0 Å². The minimum Gasteiger partial charge on any atom is -0.344 e. The SMILES string of the molecule is Cc1cc(NC(=O)[C@H]2CCCC(=O)N2)ccc1C(F)(F)F. The molecule has 114 valence electrons. The average Bonchev–Trinajstić information content (AvgIpc) is 2.37. The van der Waals surface area contributed by atoms with Crippen molar-refractivity contribution in [3.8, 4) is 0 Å². The molecule has 0 bridgehead atoms. The molecule has 0 saturated carbocycles. The van der Waals surface area contributed by atoms with E-state index in [1.54, 1.807) is 0 Å². The second kappa shape index (κ2) is 5.75. The normalized spacial score (nSPS) is 19.0. The first-order chi connectivity index (χ1) is 9.77. The molecule has 1 heterocycles. The highest BCUT2D eigenvalue weighted by molar-refractivity contribution is 5.97. The first kappa shape index (κ1) is 15.3. The van der Waals surface area contributed by atoms with Crippen molar-refractivity contribution in [2.75, 3.05) is 5.32 Å². The van der Waals surface area contributed by atoms with E-state index in [1.807, 2.05) is 0 Å². The van der Waals surface area contributed by atoms with E-state index < -0.39 is 23.7 Å². The molecule has 2 amide bonds. The van der Waals surface area contributed by atoms with Crippen LogP contribution in [0.5, 0.6) is 0 Å². The Kier molecular flexibility index (Phi) is 4.20. The van der Waals surface area contributed by atoms with E-state index in [4.69, 9.17) is 0 Å². The summed E-state index contributed by atoms with van der Waals surface area (Å²) in [6.07, 6.45) is -2.87. The van der Waals surface area contributed by atoms with Gasteiger partial charge in [0.05, 0.1) is 5.56 Å². The number of amides is 2. The van der Waals surface area contributed by atoms with Gasteiger partial charge in [0, 0.05) is 12.1 Å². The molecule has 1 saturated heterocycles. The van der Waals surface area contributed by atoms with Crippen LogP contribution >= 0.6 is 0 Å². The van der Waals surface area contributed by atoms with Crippen LogP contribution < -0.4 is 10.6 Å². The number of alkyl halides is 3. The molecule has 0 radical (unpaired) electrons. The lowest BCUT2D eigenvalue weighted by Gasteiger charge is -2.22. The van der Waals surface area contributed by atoms with Gasteiger partial charge in [-0.1, -0.05) is 0 Å². The number of carbonyl (C=O) groups is 2. The summed E-state index contributed by atoms with van der Waals surface area (Å²) in [5, 5.41) is 5.09. The largest absolute Gasteiger partial charge is 0.416 e. The summed E-state index contributed by atoms with van der Waals surface area (Å²) < 4.78 is 37.9. The molecular weight excluding hydrogens is 285 g/mol. The maximum atomic E-state index is 12.6. The van der Waals surface area contributed by atoms with Gasteiger partial charge in [-0.15, -0.1) is 0 Å². The second-order valence-electron chi connectivity index (χ2n) is 5.03. The summed E-state index contributed by atoms with van der Waals surface area (Å²) in [4.78, 5) is 23.2. The number of aryl methyl sites for hydroxylation is 1. The summed E-state index contributed by atoms with van der Waals surface area (Å²) in [5.74, 6) is -0.604. The quantitative estimate of drug-likeness (QED) is 0.882. The zero-order valence-electron chi connectivity index (χ0n) is 11.4. The van der Waals surface area contributed by atoms with Gasteiger partial charge in [0.1, 0.15) is 6.04 Å². The predicted molar refractivity (Wildman–Crippen MR) is 70.6 cm³/mol. The number of hydrogen-bond acceptors (Lipinski definition) is 2. The number of anilines is 1. The molecule has 7 heteroatoms. The van der Waals surface area contributed by atoms with Crippen LogP contribution in [-0.4, -0.2) is 17.9 Å². The summed E-state index contributed by atoms with van der Waals surface area (Å²) in [7, 11) is 0. The Morgan fingerprint density at radius 2 is 2.10 bits per heavy atom. The molecular formula is C14H15F3N2O2. The predicted octanol–water partition coefficient (Wildman–Crippen LogP) is 2.62. The molecule has 1 aromatic rings. The molecule has 4 nitrogen and oxygen atoms in total. The Labute approximate surface area is 119 Å². The van der Waals surface area contributed by atoms with Crippen LogP contribution in [0.2, 0.25) is 0 Å². The van der Waals surface area contributed by atoms with E-state index >= 15 is 0 Å². The van der Waals surface area contributed by atoms with Crippen LogP contribution in [0.1, 0.15) is 30.4 Å². The topological polar surface area (TPSA) is 58.2 Å². The van der Waals surface area contributed by atoms with E-state index in [1.165, 1.54) is 19.1 Å². The van der Waals surface area contributed by atoms with Crippen LogP contribution in [0.15, 0.2) is 18.2 Å². The average molecular weight is 300 g/mol. The van der Waals surface area contributed by atoms with Crippen LogP contribution in [0, 0.1) is 6.92 Å². The summed E-state index contributed by atoms with van der Waals surface area (Å²) in [6, 6.07) is 2.78. The van der Waals surface area contributed by atoms with Gasteiger partial charge in [0.25, 0.3) is 0 Å². The third kappa shape index (κ3) is 3.74. The molecule has 2 N–H and O–H groups in total. The Morgan fingerprint density at radius 3 is 2.67 bits per heavy atom. The van der Waals surface area contributed by atoms with E-state index in [0.29, 0.717) is 19.3 Å². The van der Waals surface area contributed by atoms with E-state index in [0.717, 1.165) is 6.07 Å². The molecule has 1 aliphatic rings. The Balaban J connectivity index is 2.08. The first-order valence-electron chi connectivity index (χ1n) is 6.55. The van der Waals surface area contributed by atoms with Crippen molar-refractivity contribution in [3.63, 3.8) is 0 Å². The first-order valence-corrected chi connectivity index (χ1v) is 6.55. The molecule has 0 aromatic heterocycles. The zero-order valence-corrected chi connectivity index (χ0v) is 11.4.